The fraction of sp³-hybridized carbons (Fsp3) is 1.00. The Morgan fingerprint density at radius 3 is 2.39 bits per heavy atom. The zero-order valence-corrected chi connectivity index (χ0v) is 15.1. The molecule has 2 heterocycles. The van der Waals surface area contributed by atoms with Gasteiger partial charge in [-0.2, -0.15) is 0 Å². The SMILES string of the molecule is CCC(C)OCC1COC(CC(C)OCC2COC(C)(C)O2)O1. The molecule has 0 aliphatic carbocycles. The molecule has 0 spiro atoms. The van der Waals surface area contributed by atoms with Crippen molar-refractivity contribution in [3.63, 3.8) is 0 Å². The van der Waals surface area contributed by atoms with Crippen LogP contribution >= 0.6 is 0 Å². The molecule has 2 aliphatic heterocycles. The smallest absolute Gasteiger partial charge is 0.163 e. The minimum absolute atomic E-state index is 0.00505. The van der Waals surface area contributed by atoms with E-state index in [0.29, 0.717) is 32.8 Å². The minimum atomic E-state index is -0.502. The molecule has 2 saturated heterocycles. The van der Waals surface area contributed by atoms with Gasteiger partial charge >= 0.3 is 0 Å². The van der Waals surface area contributed by atoms with Gasteiger partial charge in [0.1, 0.15) is 12.2 Å². The van der Waals surface area contributed by atoms with Crippen molar-refractivity contribution >= 4 is 0 Å². The fourth-order valence-corrected chi connectivity index (χ4v) is 2.56. The van der Waals surface area contributed by atoms with Crippen LogP contribution in [0.15, 0.2) is 0 Å². The lowest BCUT2D eigenvalue weighted by Crippen LogP contribution is -2.27. The van der Waals surface area contributed by atoms with Gasteiger partial charge in [0.05, 0.1) is 38.6 Å². The average molecular weight is 332 g/mol. The van der Waals surface area contributed by atoms with Crippen LogP contribution in [0.1, 0.15) is 47.5 Å². The van der Waals surface area contributed by atoms with Crippen molar-refractivity contribution in [2.75, 3.05) is 26.4 Å². The first kappa shape index (κ1) is 19.1. The Morgan fingerprint density at radius 2 is 1.74 bits per heavy atom. The van der Waals surface area contributed by atoms with Gasteiger partial charge in [-0.25, -0.2) is 0 Å². The molecule has 0 radical (unpaired) electrons. The third-order valence-corrected chi connectivity index (χ3v) is 4.11. The highest BCUT2D eigenvalue weighted by molar-refractivity contribution is 4.72. The van der Waals surface area contributed by atoms with Gasteiger partial charge in [-0.15, -0.1) is 0 Å². The van der Waals surface area contributed by atoms with Crippen LogP contribution in [0.25, 0.3) is 0 Å². The number of ether oxygens (including phenoxy) is 6. The van der Waals surface area contributed by atoms with Crippen molar-refractivity contribution in [2.45, 2.75) is 84.0 Å². The second-order valence-corrected chi connectivity index (χ2v) is 6.90. The zero-order valence-electron chi connectivity index (χ0n) is 15.1. The molecule has 5 atom stereocenters. The molecule has 136 valence electrons. The summed E-state index contributed by atoms with van der Waals surface area (Å²) in [6.45, 7) is 12.3. The zero-order chi connectivity index (χ0) is 16.9. The summed E-state index contributed by atoms with van der Waals surface area (Å²) in [4.78, 5) is 0. The molecule has 0 aromatic rings. The van der Waals surface area contributed by atoms with E-state index in [-0.39, 0.29) is 30.7 Å². The molecule has 2 rings (SSSR count). The highest BCUT2D eigenvalue weighted by Crippen LogP contribution is 2.23. The van der Waals surface area contributed by atoms with Crippen LogP contribution in [-0.4, -0.2) is 62.9 Å². The van der Waals surface area contributed by atoms with Crippen LogP contribution in [0.2, 0.25) is 0 Å². The van der Waals surface area contributed by atoms with Crippen molar-refractivity contribution < 1.29 is 28.4 Å². The van der Waals surface area contributed by atoms with Gasteiger partial charge in [-0.1, -0.05) is 6.92 Å². The van der Waals surface area contributed by atoms with Gasteiger partial charge < -0.3 is 28.4 Å². The molecule has 2 aliphatic rings. The molecule has 2 fully saturated rings. The van der Waals surface area contributed by atoms with Crippen LogP contribution in [-0.2, 0) is 28.4 Å². The number of hydrogen-bond acceptors (Lipinski definition) is 6. The monoisotopic (exact) mass is 332 g/mol. The van der Waals surface area contributed by atoms with Gasteiger partial charge in [0.25, 0.3) is 0 Å². The van der Waals surface area contributed by atoms with Crippen LogP contribution in [0.5, 0.6) is 0 Å². The van der Waals surface area contributed by atoms with Crippen LogP contribution in [0.4, 0.5) is 0 Å². The van der Waals surface area contributed by atoms with Crippen molar-refractivity contribution in [1.29, 1.82) is 0 Å². The van der Waals surface area contributed by atoms with Crippen LogP contribution in [0.3, 0.4) is 0 Å². The molecule has 0 N–H and O–H groups in total. The molecule has 6 nitrogen and oxygen atoms in total. The summed E-state index contributed by atoms with van der Waals surface area (Å²) in [5, 5.41) is 0. The summed E-state index contributed by atoms with van der Waals surface area (Å²) in [7, 11) is 0. The Morgan fingerprint density at radius 1 is 1.04 bits per heavy atom. The van der Waals surface area contributed by atoms with E-state index in [0.717, 1.165) is 6.42 Å². The van der Waals surface area contributed by atoms with E-state index in [2.05, 4.69) is 13.8 Å². The summed E-state index contributed by atoms with van der Waals surface area (Å²) in [5.41, 5.74) is 0. The third kappa shape index (κ3) is 6.64. The molecule has 0 saturated carbocycles. The second-order valence-electron chi connectivity index (χ2n) is 6.90. The number of rotatable bonds is 9. The van der Waals surface area contributed by atoms with E-state index in [1.54, 1.807) is 0 Å². The van der Waals surface area contributed by atoms with Gasteiger partial charge in [0.15, 0.2) is 12.1 Å². The Hall–Kier alpha value is -0.240. The summed E-state index contributed by atoms with van der Waals surface area (Å²) in [6, 6.07) is 0. The molecule has 6 heteroatoms. The van der Waals surface area contributed by atoms with Crippen LogP contribution in [0, 0.1) is 0 Å². The Kier molecular flexibility index (Phi) is 7.25. The maximum atomic E-state index is 5.85. The average Bonchev–Trinajstić information content (AvgIpc) is 3.08. The first-order chi connectivity index (χ1) is 10.9. The molecule has 23 heavy (non-hydrogen) atoms. The predicted octanol–water partition coefficient (Wildman–Crippen LogP) is 2.49. The van der Waals surface area contributed by atoms with E-state index in [4.69, 9.17) is 28.4 Å². The summed E-state index contributed by atoms with van der Waals surface area (Å²) in [6.07, 6.45) is 1.82. The first-order valence-corrected chi connectivity index (χ1v) is 8.70. The van der Waals surface area contributed by atoms with Gasteiger partial charge in [-0.05, 0) is 34.1 Å². The maximum Gasteiger partial charge on any atom is 0.163 e. The van der Waals surface area contributed by atoms with E-state index in [1.807, 2.05) is 20.8 Å². The van der Waals surface area contributed by atoms with Crippen molar-refractivity contribution in [3.8, 4) is 0 Å². The molecule has 0 bridgehead atoms. The Balaban J connectivity index is 1.58. The molecule has 0 amide bonds. The largest absolute Gasteiger partial charge is 0.376 e. The van der Waals surface area contributed by atoms with Crippen molar-refractivity contribution in [1.82, 2.24) is 0 Å². The highest BCUT2D eigenvalue weighted by atomic mass is 16.8. The van der Waals surface area contributed by atoms with E-state index >= 15 is 0 Å². The van der Waals surface area contributed by atoms with Crippen LogP contribution < -0.4 is 0 Å². The predicted molar refractivity (Wildman–Crippen MR) is 85.3 cm³/mol. The second kappa shape index (κ2) is 8.74. The van der Waals surface area contributed by atoms with E-state index in [1.165, 1.54) is 0 Å². The first-order valence-electron chi connectivity index (χ1n) is 8.70. The van der Waals surface area contributed by atoms with Gasteiger partial charge in [-0.3, -0.25) is 0 Å². The maximum absolute atomic E-state index is 5.85. The molecule has 0 aromatic carbocycles. The summed E-state index contributed by atoms with van der Waals surface area (Å²) in [5.74, 6) is -0.502. The molecule has 0 aromatic heterocycles. The molecule has 5 unspecified atom stereocenters. The lowest BCUT2D eigenvalue weighted by atomic mass is 10.2. The quantitative estimate of drug-likeness (QED) is 0.646. The summed E-state index contributed by atoms with van der Waals surface area (Å²) >= 11 is 0. The van der Waals surface area contributed by atoms with E-state index < -0.39 is 5.79 Å². The third-order valence-electron chi connectivity index (χ3n) is 4.11. The standard InChI is InChI=1S/C17H32O6/c1-6-12(2)18-8-14-9-20-16(22-14)7-13(3)19-10-15-11-21-17(4,5)23-15/h12-16H,6-11H2,1-5H3. The Labute approximate surface area is 139 Å². The molecular weight excluding hydrogens is 300 g/mol. The fourth-order valence-electron chi connectivity index (χ4n) is 2.56. The Bertz CT molecular complexity index is 348. The van der Waals surface area contributed by atoms with Crippen molar-refractivity contribution in [2.24, 2.45) is 0 Å². The lowest BCUT2D eigenvalue weighted by Gasteiger charge is -2.20. The lowest BCUT2D eigenvalue weighted by molar-refractivity contribution is -0.151. The van der Waals surface area contributed by atoms with E-state index in [9.17, 15) is 0 Å². The molecular formula is C17H32O6. The highest BCUT2D eigenvalue weighted by Gasteiger charge is 2.33. The minimum Gasteiger partial charge on any atom is -0.376 e. The van der Waals surface area contributed by atoms with Gasteiger partial charge in [0, 0.05) is 6.42 Å². The topological polar surface area (TPSA) is 55.4 Å². The normalized spacial score (nSPS) is 33.0. The summed E-state index contributed by atoms with van der Waals surface area (Å²) < 4.78 is 34.3. The number of hydrogen-bond donors (Lipinski definition) is 0. The van der Waals surface area contributed by atoms with Gasteiger partial charge in [0.2, 0.25) is 0 Å². The van der Waals surface area contributed by atoms with Crippen molar-refractivity contribution in [3.05, 3.63) is 0 Å².